The van der Waals surface area contributed by atoms with Crippen LogP contribution >= 0.6 is 0 Å². The molecule has 178 valence electrons. The maximum absolute atomic E-state index is 6.53. The normalized spacial score (nSPS) is 10.8. The van der Waals surface area contributed by atoms with Crippen LogP contribution in [0.25, 0.3) is 32.9 Å². The summed E-state index contributed by atoms with van der Waals surface area (Å²) in [6, 6.07) is 38.2. The monoisotopic (exact) mass is 499 g/mol. The first kappa shape index (κ1) is 23.1. The molecule has 0 amide bonds. The molecule has 0 radical (unpaired) electrons. The third-order valence-corrected chi connectivity index (χ3v) is 7.56. The molecule has 6 heteroatoms. The minimum atomic E-state index is -2.79. The predicted octanol–water partition coefficient (Wildman–Crippen LogP) is 6.40. The number of fused-ring (bicyclic) bond motifs is 2. The Morgan fingerprint density at radius 2 is 1.27 bits per heavy atom. The van der Waals surface area contributed by atoms with Crippen LogP contribution in [0.1, 0.15) is 0 Å². The molecule has 0 aliphatic carbocycles. The van der Waals surface area contributed by atoms with Gasteiger partial charge in [-0.25, -0.2) is 0 Å². The second kappa shape index (κ2) is 10.3. The van der Waals surface area contributed by atoms with E-state index < -0.39 is 15.1 Å². The van der Waals surface area contributed by atoms with Crippen molar-refractivity contribution in [2.45, 2.75) is 0 Å². The lowest BCUT2D eigenvalue weighted by atomic mass is 10.1. The Hall–Kier alpha value is -4.37. The maximum atomic E-state index is 6.53. The predicted molar refractivity (Wildman–Crippen MR) is 146 cm³/mol. The number of aryl methyl sites for hydroxylation is 1. The van der Waals surface area contributed by atoms with Crippen molar-refractivity contribution in [3.63, 3.8) is 0 Å². The van der Waals surface area contributed by atoms with E-state index in [0.717, 1.165) is 32.9 Å². The van der Waals surface area contributed by atoms with Gasteiger partial charge in [-0.2, -0.15) is 4.57 Å². The molecule has 6 aromatic rings. The summed E-state index contributed by atoms with van der Waals surface area (Å²) in [5.41, 5.74) is 4.02. The molecule has 2 aromatic heterocycles. The summed E-state index contributed by atoms with van der Waals surface area (Å²) in [6.07, 6.45) is 3.77. The number of hydrogen-bond acceptors (Lipinski definition) is 4. The lowest BCUT2D eigenvalue weighted by Gasteiger charge is -2.17. The highest BCUT2D eigenvalue weighted by molar-refractivity contribution is 6.40. The first-order valence-corrected chi connectivity index (χ1v) is 13.5. The van der Waals surface area contributed by atoms with Crippen LogP contribution in [0.2, 0.25) is 0 Å². The standard InChI is InChI=1S/C12H10O.C10H9NO.C9H7NO.Al/c13-12-8-6-11(7-9-12)10-4-2-1-3-5-10;1-11-7-3-5-8-4-2-6-9(12)10(8)11;11-8-5-1-3-7-4-2-6-10-9(7)8;/h1-9,13H;2-7H,1H3;1-6,11H;/q;;;+3/p-2. The largest absolute Gasteiger partial charge is 1.20 e. The van der Waals surface area contributed by atoms with Gasteiger partial charge >= 0.3 is 15.1 Å². The van der Waals surface area contributed by atoms with Crippen molar-refractivity contribution >= 4 is 37.0 Å². The van der Waals surface area contributed by atoms with Gasteiger partial charge in [0.05, 0.1) is 11.1 Å². The summed E-state index contributed by atoms with van der Waals surface area (Å²) in [5, 5.41) is 2.07. The Balaban J connectivity index is 1.35. The fourth-order valence-corrected chi connectivity index (χ4v) is 5.73. The van der Waals surface area contributed by atoms with E-state index in [9.17, 15) is 0 Å². The van der Waals surface area contributed by atoms with Crippen LogP contribution in [-0.2, 0) is 7.05 Å². The number of rotatable bonds is 7. The van der Waals surface area contributed by atoms with E-state index in [-0.39, 0.29) is 0 Å². The van der Waals surface area contributed by atoms with Gasteiger partial charge in [-0.1, -0.05) is 66.7 Å². The summed E-state index contributed by atoms with van der Waals surface area (Å²) < 4.78 is 21.4. The number of benzene rings is 4. The van der Waals surface area contributed by atoms with Gasteiger partial charge in [0, 0.05) is 17.6 Å². The van der Waals surface area contributed by atoms with Crippen molar-refractivity contribution in [2.24, 2.45) is 7.05 Å². The molecule has 0 atom stereocenters. The number of hydrogen-bond donors (Lipinski definition) is 0. The molecule has 0 aliphatic heterocycles. The molecule has 0 spiro atoms. The number of para-hydroxylation sites is 2. The summed E-state index contributed by atoms with van der Waals surface area (Å²) in [5.74, 6) is 2.04. The molecule has 4 aromatic carbocycles. The summed E-state index contributed by atoms with van der Waals surface area (Å²) >= 11 is -2.79. The van der Waals surface area contributed by atoms with Gasteiger partial charge in [0.15, 0.2) is 11.9 Å². The van der Waals surface area contributed by atoms with Crippen molar-refractivity contribution in [3.05, 3.63) is 128 Å². The third kappa shape index (κ3) is 4.99. The fraction of sp³-hybridized carbons (Fsp3) is 0.0323. The zero-order valence-corrected chi connectivity index (χ0v) is 21.5. The minimum absolute atomic E-state index is 0.639. The van der Waals surface area contributed by atoms with Gasteiger partial charge < -0.3 is 11.4 Å². The van der Waals surface area contributed by atoms with Crippen LogP contribution in [0, 0.1) is 0 Å². The molecule has 6 rings (SSSR count). The van der Waals surface area contributed by atoms with Gasteiger partial charge in [-0.15, -0.1) is 0 Å². The van der Waals surface area contributed by atoms with Gasteiger partial charge in [-0.05, 0) is 53.6 Å². The number of aromatic nitrogens is 2. The highest BCUT2D eigenvalue weighted by atomic mass is 27.3. The molecular weight excluding hydrogens is 475 g/mol. The van der Waals surface area contributed by atoms with Crippen molar-refractivity contribution in [1.29, 1.82) is 0 Å². The lowest BCUT2D eigenvalue weighted by Crippen LogP contribution is -2.38. The topological polar surface area (TPSA) is 44.5 Å². The molecule has 0 saturated heterocycles. The zero-order valence-electron chi connectivity index (χ0n) is 20.3. The SMILES string of the molecule is C[n+]1cccc2cccc([O][Al]([O]c3ccc(-c4ccccc4)cc3)[O]c3cccc4cccnc34)c21. The summed E-state index contributed by atoms with van der Waals surface area (Å²) in [4.78, 5) is 4.54. The Kier molecular flexibility index (Phi) is 6.43. The second-order valence-electron chi connectivity index (χ2n) is 8.68. The molecule has 0 aliphatic rings. The molecule has 0 fully saturated rings. The molecule has 37 heavy (non-hydrogen) atoms. The third-order valence-electron chi connectivity index (χ3n) is 6.20. The van der Waals surface area contributed by atoms with Crippen LogP contribution in [0.3, 0.4) is 0 Å². The highest BCUT2D eigenvalue weighted by Gasteiger charge is 2.46. The highest BCUT2D eigenvalue weighted by Crippen LogP contribution is 2.28. The van der Waals surface area contributed by atoms with E-state index in [4.69, 9.17) is 11.4 Å². The van der Waals surface area contributed by atoms with E-state index in [0.29, 0.717) is 17.2 Å². The van der Waals surface area contributed by atoms with E-state index in [1.165, 1.54) is 0 Å². The van der Waals surface area contributed by atoms with E-state index in [2.05, 4.69) is 29.2 Å². The van der Waals surface area contributed by atoms with Crippen molar-refractivity contribution in [1.82, 2.24) is 4.98 Å². The van der Waals surface area contributed by atoms with Gasteiger partial charge in [0.25, 0.3) is 5.52 Å². The zero-order chi connectivity index (χ0) is 25.0. The van der Waals surface area contributed by atoms with E-state index >= 15 is 0 Å². The molecule has 0 N–H and O–H groups in total. The van der Waals surface area contributed by atoms with Crippen LogP contribution in [0.4, 0.5) is 0 Å². The van der Waals surface area contributed by atoms with E-state index in [1.807, 2.05) is 109 Å². The minimum Gasteiger partial charge on any atom is -0.577 e. The van der Waals surface area contributed by atoms with E-state index in [1.54, 1.807) is 6.20 Å². The quantitative estimate of drug-likeness (QED) is 0.188. The molecule has 0 bridgehead atoms. The second-order valence-corrected chi connectivity index (χ2v) is 9.96. The number of pyridine rings is 2. The van der Waals surface area contributed by atoms with Gasteiger partial charge in [-0.3, -0.25) is 4.98 Å². The van der Waals surface area contributed by atoms with Crippen LogP contribution in [-0.4, -0.2) is 20.1 Å². The molecule has 0 saturated carbocycles. The summed E-state index contributed by atoms with van der Waals surface area (Å²) in [7, 11) is 2.00. The van der Waals surface area contributed by atoms with Crippen molar-refractivity contribution < 1.29 is 15.9 Å². The Morgan fingerprint density at radius 1 is 0.595 bits per heavy atom. The first-order valence-electron chi connectivity index (χ1n) is 12.1. The van der Waals surface area contributed by atoms with Crippen molar-refractivity contribution in [2.75, 3.05) is 0 Å². The van der Waals surface area contributed by atoms with Crippen molar-refractivity contribution in [3.8, 4) is 28.4 Å². The summed E-state index contributed by atoms with van der Waals surface area (Å²) in [6.45, 7) is 0. The van der Waals surface area contributed by atoms with Crippen LogP contribution < -0.4 is 15.9 Å². The van der Waals surface area contributed by atoms with Crippen LogP contribution in [0.15, 0.2) is 128 Å². The first-order chi connectivity index (χ1) is 18.2. The molecule has 0 unspecified atom stereocenters. The van der Waals surface area contributed by atoms with Gasteiger partial charge in [0.1, 0.15) is 18.3 Å². The Labute approximate surface area is 220 Å². The molecule has 5 nitrogen and oxygen atoms in total. The Morgan fingerprint density at radius 3 is 2.11 bits per heavy atom. The van der Waals surface area contributed by atoms with Gasteiger partial charge in [0.2, 0.25) is 0 Å². The average molecular weight is 500 g/mol. The molecular formula is C31H24AlN2O3+. The fourth-order valence-electron chi connectivity index (χ4n) is 4.42. The Bertz CT molecular complexity index is 1660. The molecule has 2 heterocycles. The average Bonchev–Trinajstić information content (AvgIpc) is 2.94. The van der Waals surface area contributed by atoms with Crippen LogP contribution in [0.5, 0.6) is 17.2 Å². The number of nitrogens with zero attached hydrogens (tertiary/aromatic N) is 2. The lowest BCUT2D eigenvalue weighted by molar-refractivity contribution is -0.645. The smallest absolute Gasteiger partial charge is 0.577 e. The maximum Gasteiger partial charge on any atom is 1.20 e.